The van der Waals surface area contributed by atoms with E-state index in [2.05, 4.69) is 11.8 Å². The Morgan fingerprint density at radius 1 is 1.50 bits per heavy atom. The van der Waals surface area contributed by atoms with Crippen LogP contribution in [0.2, 0.25) is 5.02 Å². The molecule has 0 aromatic heterocycles. The molecule has 1 heterocycles. The van der Waals surface area contributed by atoms with Crippen LogP contribution in [0.25, 0.3) is 0 Å². The van der Waals surface area contributed by atoms with Crippen LogP contribution < -0.4 is 5.73 Å². The van der Waals surface area contributed by atoms with Gasteiger partial charge in [0.25, 0.3) is 5.69 Å². The highest BCUT2D eigenvalue weighted by Crippen LogP contribution is 2.28. The summed E-state index contributed by atoms with van der Waals surface area (Å²) in [6.07, 6.45) is 2.28. The molecule has 1 aliphatic heterocycles. The smallest absolute Gasteiger partial charge is 0.288 e. The second-order valence-electron chi connectivity index (χ2n) is 5.50. The van der Waals surface area contributed by atoms with E-state index in [0.717, 1.165) is 24.9 Å². The first-order valence-corrected chi connectivity index (χ1v) is 7.26. The highest BCUT2D eigenvalue weighted by Gasteiger charge is 2.25. The molecular formula is C14H20ClN3O2. The SMILES string of the molecule is CC1CCC(CN)CN1Cc1ccc(Cl)c([N+](=O)[O-])c1. The van der Waals surface area contributed by atoms with Crippen molar-refractivity contribution in [1.29, 1.82) is 0 Å². The molecule has 5 nitrogen and oxygen atoms in total. The summed E-state index contributed by atoms with van der Waals surface area (Å²) in [6, 6.07) is 5.51. The predicted molar refractivity (Wildman–Crippen MR) is 79.8 cm³/mol. The minimum absolute atomic E-state index is 0.0239. The summed E-state index contributed by atoms with van der Waals surface area (Å²) in [6.45, 7) is 4.55. The molecule has 0 bridgehead atoms. The van der Waals surface area contributed by atoms with Gasteiger partial charge in [-0.15, -0.1) is 0 Å². The van der Waals surface area contributed by atoms with Crippen molar-refractivity contribution in [3.8, 4) is 0 Å². The van der Waals surface area contributed by atoms with E-state index in [1.807, 2.05) is 6.07 Å². The molecule has 0 amide bonds. The molecule has 6 heteroatoms. The number of piperidine rings is 1. The van der Waals surface area contributed by atoms with Gasteiger partial charge in [0.1, 0.15) is 5.02 Å². The van der Waals surface area contributed by atoms with Crippen LogP contribution >= 0.6 is 11.6 Å². The number of halogens is 1. The van der Waals surface area contributed by atoms with Crippen molar-refractivity contribution >= 4 is 17.3 Å². The molecule has 1 saturated heterocycles. The maximum atomic E-state index is 10.9. The van der Waals surface area contributed by atoms with Crippen LogP contribution in [0.4, 0.5) is 5.69 Å². The molecule has 2 atom stereocenters. The first kappa shape index (κ1) is 15.2. The van der Waals surface area contributed by atoms with Gasteiger partial charge in [0.15, 0.2) is 0 Å². The number of hydrogen-bond acceptors (Lipinski definition) is 4. The Bertz CT molecular complexity index is 495. The molecule has 1 aromatic rings. The van der Waals surface area contributed by atoms with Crippen LogP contribution in [0.3, 0.4) is 0 Å². The number of likely N-dealkylation sites (tertiary alicyclic amines) is 1. The van der Waals surface area contributed by atoms with Crippen LogP contribution in [-0.2, 0) is 6.54 Å². The van der Waals surface area contributed by atoms with Crippen molar-refractivity contribution in [1.82, 2.24) is 4.90 Å². The molecular weight excluding hydrogens is 278 g/mol. The number of nitro benzene ring substituents is 1. The Hall–Kier alpha value is -1.17. The van der Waals surface area contributed by atoms with E-state index in [0.29, 0.717) is 25.0 Å². The Kier molecular flexibility index (Phi) is 4.96. The molecule has 2 rings (SSSR count). The summed E-state index contributed by atoms with van der Waals surface area (Å²) in [5.74, 6) is 0.522. The number of nitrogens with zero attached hydrogens (tertiary/aromatic N) is 2. The number of nitrogens with two attached hydrogens (primary N) is 1. The zero-order chi connectivity index (χ0) is 14.7. The van der Waals surface area contributed by atoms with Crippen LogP contribution in [0, 0.1) is 16.0 Å². The fourth-order valence-corrected chi connectivity index (χ4v) is 2.89. The number of nitro groups is 1. The van der Waals surface area contributed by atoms with Crippen molar-refractivity contribution in [3.05, 3.63) is 38.9 Å². The molecule has 1 aliphatic rings. The van der Waals surface area contributed by atoms with Crippen LogP contribution in [0.1, 0.15) is 25.3 Å². The average molecular weight is 298 g/mol. The quantitative estimate of drug-likeness (QED) is 0.685. The van der Waals surface area contributed by atoms with E-state index in [-0.39, 0.29) is 10.7 Å². The molecule has 1 aromatic carbocycles. The Balaban J connectivity index is 2.12. The molecule has 0 aliphatic carbocycles. The zero-order valence-corrected chi connectivity index (χ0v) is 12.3. The fourth-order valence-electron chi connectivity index (χ4n) is 2.71. The van der Waals surface area contributed by atoms with Gasteiger partial charge in [0, 0.05) is 25.2 Å². The van der Waals surface area contributed by atoms with E-state index >= 15 is 0 Å². The topological polar surface area (TPSA) is 72.4 Å². The summed E-state index contributed by atoms with van der Waals surface area (Å²) in [5.41, 5.74) is 6.65. The van der Waals surface area contributed by atoms with Gasteiger partial charge < -0.3 is 5.73 Å². The average Bonchev–Trinajstić information content (AvgIpc) is 2.43. The number of benzene rings is 1. The highest BCUT2D eigenvalue weighted by atomic mass is 35.5. The predicted octanol–water partition coefficient (Wildman–Crippen LogP) is 2.81. The lowest BCUT2D eigenvalue weighted by atomic mass is 9.93. The Morgan fingerprint density at radius 2 is 2.25 bits per heavy atom. The first-order chi connectivity index (χ1) is 9.51. The standard InChI is InChI=1S/C14H20ClN3O2/c1-10-2-3-12(7-16)9-17(10)8-11-4-5-13(15)14(6-11)18(19)20/h4-6,10,12H,2-3,7-9,16H2,1H3. The normalized spacial score (nSPS) is 23.8. The molecule has 0 spiro atoms. The van der Waals surface area contributed by atoms with Crippen molar-refractivity contribution in [3.63, 3.8) is 0 Å². The lowest BCUT2D eigenvalue weighted by Crippen LogP contribution is -2.43. The van der Waals surface area contributed by atoms with E-state index in [1.165, 1.54) is 0 Å². The lowest BCUT2D eigenvalue weighted by molar-refractivity contribution is -0.384. The lowest BCUT2D eigenvalue weighted by Gasteiger charge is -2.37. The van der Waals surface area contributed by atoms with Crippen molar-refractivity contribution in [2.45, 2.75) is 32.4 Å². The Morgan fingerprint density at radius 3 is 2.90 bits per heavy atom. The van der Waals surface area contributed by atoms with E-state index in [9.17, 15) is 10.1 Å². The second kappa shape index (κ2) is 6.52. The summed E-state index contributed by atoms with van der Waals surface area (Å²) < 4.78 is 0. The molecule has 0 saturated carbocycles. The maximum Gasteiger partial charge on any atom is 0.288 e. The third-order valence-electron chi connectivity index (χ3n) is 4.03. The Labute approximate surface area is 123 Å². The number of hydrogen-bond donors (Lipinski definition) is 1. The van der Waals surface area contributed by atoms with Gasteiger partial charge >= 0.3 is 0 Å². The fraction of sp³-hybridized carbons (Fsp3) is 0.571. The van der Waals surface area contributed by atoms with Gasteiger partial charge in [0.05, 0.1) is 4.92 Å². The molecule has 20 heavy (non-hydrogen) atoms. The molecule has 2 unspecified atom stereocenters. The number of rotatable bonds is 4. The zero-order valence-electron chi connectivity index (χ0n) is 11.6. The van der Waals surface area contributed by atoms with Gasteiger partial charge in [0.2, 0.25) is 0 Å². The van der Waals surface area contributed by atoms with Gasteiger partial charge in [-0.05, 0) is 43.9 Å². The molecule has 110 valence electrons. The third-order valence-corrected chi connectivity index (χ3v) is 4.35. The first-order valence-electron chi connectivity index (χ1n) is 6.88. The van der Waals surface area contributed by atoms with Crippen LogP contribution in [0.5, 0.6) is 0 Å². The summed E-state index contributed by atoms with van der Waals surface area (Å²) >= 11 is 5.84. The maximum absolute atomic E-state index is 10.9. The summed E-state index contributed by atoms with van der Waals surface area (Å²) in [5, 5.41) is 11.1. The second-order valence-corrected chi connectivity index (χ2v) is 5.91. The molecule has 2 N–H and O–H groups in total. The van der Waals surface area contributed by atoms with Crippen molar-refractivity contribution < 1.29 is 4.92 Å². The molecule has 0 radical (unpaired) electrons. The van der Waals surface area contributed by atoms with Crippen molar-refractivity contribution in [2.24, 2.45) is 11.7 Å². The monoisotopic (exact) mass is 297 g/mol. The van der Waals surface area contributed by atoms with E-state index < -0.39 is 4.92 Å². The van der Waals surface area contributed by atoms with Crippen LogP contribution in [0.15, 0.2) is 18.2 Å². The van der Waals surface area contributed by atoms with Gasteiger partial charge in [-0.2, -0.15) is 0 Å². The van der Waals surface area contributed by atoms with Gasteiger partial charge in [-0.3, -0.25) is 15.0 Å². The largest absolute Gasteiger partial charge is 0.330 e. The third kappa shape index (κ3) is 3.48. The van der Waals surface area contributed by atoms with Gasteiger partial charge in [-0.1, -0.05) is 17.7 Å². The minimum atomic E-state index is -0.436. The van der Waals surface area contributed by atoms with Gasteiger partial charge in [-0.25, -0.2) is 0 Å². The highest BCUT2D eigenvalue weighted by molar-refractivity contribution is 6.32. The summed E-state index contributed by atoms with van der Waals surface area (Å²) in [7, 11) is 0. The minimum Gasteiger partial charge on any atom is -0.330 e. The molecule has 1 fully saturated rings. The van der Waals surface area contributed by atoms with E-state index in [4.69, 9.17) is 17.3 Å². The van der Waals surface area contributed by atoms with Crippen molar-refractivity contribution in [2.75, 3.05) is 13.1 Å². The van der Waals surface area contributed by atoms with Crippen LogP contribution in [-0.4, -0.2) is 29.0 Å². The summed E-state index contributed by atoms with van der Waals surface area (Å²) in [4.78, 5) is 12.8. The van der Waals surface area contributed by atoms with E-state index in [1.54, 1.807) is 12.1 Å².